The predicted molar refractivity (Wildman–Crippen MR) is 51.0 cm³/mol. The van der Waals surface area contributed by atoms with Gasteiger partial charge in [-0.1, -0.05) is 0 Å². The number of carbonyl (C=O) groups excluding carboxylic acids is 1. The summed E-state index contributed by atoms with van der Waals surface area (Å²) in [6.07, 6.45) is -8.86. The minimum Gasteiger partial charge on any atom is -0.388 e. The second kappa shape index (κ2) is 5.22. The van der Waals surface area contributed by atoms with Gasteiger partial charge in [0, 0.05) is 0 Å². The Hall–Kier alpha value is -2.53. The van der Waals surface area contributed by atoms with E-state index in [1.165, 1.54) is 0 Å². The van der Waals surface area contributed by atoms with Gasteiger partial charge in [-0.3, -0.25) is 14.9 Å². The van der Waals surface area contributed by atoms with Gasteiger partial charge in [0.05, 0.1) is 11.0 Å². The molecule has 0 bridgehead atoms. The highest BCUT2D eigenvalue weighted by Gasteiger charge is 2.36. The van der Waals surface area contributed by atoms with E-state index in [-0.39, 0.29) is 6.07 Å². The van der Waals surface area contributed by atoms with Crippen LogP contribution in [0.5, 0.6) is 5.88 Å². The summed E-state index contributed by atoms with van der Waals surface area (Å²) in [5.74, 6) is -3.12. The molecule has 0 aliphatic carbocycles. The van der Waals surface area contributed by atoms with Gasteiger partial charge in [0.15, 0.2) is 0 Å². The average molecular weight is 301 g/mol. The maximum Gasteiger partial charge on any atom is 0.574 e. The van der Waals surface area contributed by atoms with Gasteiger partial charge in [-0.25, -0.2) is 13.8 Å². The monoisotopic (exact) mass is 301 g/mol. The zero-order valence-corrected chi connectivity index (χ0v) is 9.15. The molecule has 1 heterocycles. The first-order chi connectivity index (χ1) is 9.03. The van der Waals surface area contributed by atoms with Gasteiger partial charge in [0.25, 0.3) is 18.0 Å². The molecule has 2 N–H and O–H groups in total. The third-order valence-electron chi connectivity index (χ3n) is 1.87. The van der Waals surface area contributed by atoms with E-state index < -0.39 is 46.4 Å². The summed E-state index contributed by atoms with van der Waals surface area (Å²) in [5, 5.41) is 10.6. The van der Waals surface area contributed by atoms with Crippen molar-refractivity contribution in [3.05, 3.63) is 27.4 Å². The smallest absolute Gasteiger partial charge is 0.388 e. The number of nitrogens with zero attached hydrogens (tertiary/aromatic N) is 2. The molecule has 110 valence electrons. The van der Waals surface area contributed by atoms with Crippen molar-refractivity contribution < 1.29 is 36.4 Å². The van der Waals surface area contributed by atoms with Crippen LogP contribution in [0.2, 0.25) is 0 Å². The number of halogens is 5. The van der Waals surface area contributed by atoms with Gasteiger partial charge in [0.2, 0.25) is 5.88 Å². The summed E-state index contributed by atoms with van der Waals surface area (Å²) >= 11 is 0. The highest BCUT2D eigenvalue weighted by molar-refractivity contribution is 5.98. The molecule has 0 fully saturated rings. The molecule has 0 spiro atoms. The Kier molecular flexibility index (Phi) is 4.06. The van der Waals surface area contributed by atoms with Gasteiger partial charge >= 0.3 is 6.36 Å². The molecule has 12 heteroatoms. The molecule has 1 aromatic rings. The van der Waals surface area contributed by atoms with Crippen LogP contribution in [0.3, 0.4) is 0 Å². The summed E-state index contributed by atoms with van der Waals surface area (Å²) in [7, 11) is 0. The van der Waals surface area contributed by atoms with Crippen molar-refractivity contribution in [2.75, 3.05) is 0 Å². The number of pyridine rings is 1. The minimum atomic E-state index is -5.30. The van der Waals surface area contributed by atoms with Gasteiger partial charge in [-0.15, -0.1) is 13.2 Å². The highest BCUT2D eigenvalue weighted by Crippen LogP contribution is 2.33. The molecule has 0 aliphatic heterocycles. The van der Waals surface area contributed by atoms with E-state index in [1.54, 1.807) is 0 Å². The van der Waals surface area contributed by atoms with Gasteiger partial charge in [-0.2, -0.15) is 0 Å². The third kappa shape index (κ3) is 3.49. The topological polar surface area (TPSA) is 108 Å². The van der Waals surface area contributed by atoms with E-state index in [0.717, 1.165) is 0 Å². The van der Waals surface area contributed by atoms with Gasteiger partial charge in [0.1, 0.15) is 11.3 Å². The second-order valence-electron chi connectivity index (χ2n) is 3.21. The number of alkyl halides is 5. The summed E-state index contributed by atoms with van der Waals surface area (Å²) in [4.78, 5) is 22.9. The fourth-order valence-corrected chi connectivity index (χ4v) is 1.25. The Bertz CT molecular complexity index is 560. The Morgan fingerprint density at radius 2 is 2.00 bits per heavy atom. The number of nitrogens with two attached hydrogens (primary N) is 1. The fourth-order valence-electron chi connectivity index (χ4n) is 1.25. The first kappa shape index (κ1) is 15.5. The van der Waals surface area contributed by atoms with Crippen molar-refractivity contribution in [3.8, 4) is 5.88 Å². The lowest BCUT2D eigenvalue weighted by atomic mass is 10.1. The van der Waals surface area contributed by atoms with Crippen LogP contribution in [0.25, 0.3) is 0 Å². The fraction of sp³-hybridized carbons (Fsp3) is 0.250. The quantitative estimate of drug-likeness (QED) is 0.519. The molecule has 1 amide bonds. The Balaban J connectivity index is 3.54. The van der Waals surface area contributed by atoms with Crippen LogP contribution >= 0.6 is 0 Å². The van der Waals surface area contributed by atoms with Gasteiger partial charge in [-0.05, 0) is 0 Å². The predicted octanol–water partition coefficient (Wildman–Crippen LogP) is 1.92. The van der Waals surface area contributed by atoms with E-state index in [9.17, 15) is 36.9 Å². The lowest BCUT2D eigenvalue weighted by molar-refractivity contribution is -0.385. The van der Waals surface area contributed by atoms with E-state index in [1.807, 2.05) is 0 Å². The maximum atomic E-state index is 12.6. The van der Waals surface area contributed by atoms with Gasteiger partial charge < -0.3 is 10.5 Å². The molecular formula is C8H4F5N3O4. The Morgan fingerprint density at radius 3 is 2.35 bits per heavy atom. The van der Waals surface area contributed by atoms with Crippen LogP contribution in [0, 0.1) is 10.1 Å². The second-order valence-corrected chi connectivity index (χ2v) is 3.21. The van der Waals surface area contributed by atoms with E-state index >= 15 is 0 Å². The number of carbonyl (C=O) groups is 1. The van der Waals surface area contributed by atoms with Crippen LogP contribution in [-0.2, 0) is 0 Å². The molecule has 0 atom stereocenters. The van der Waals surface area contributed by atoms with Crippen molar-refractivity contribution in [2.45, 2.75) is 12.8 Å². The van der Waals surface area contributed by atoms with Crippen LogP contribution < -0.4 is 10.5 Å². The number of amides is 1. The molecular weight excluding hydrogens is 297 g/mol. The van der Waals surface area contributed by atoms with E-state index in [2.05, 4.69) is 15.5 Å². The number of aromatic nitrogens is 1. The molecule has 1 rings (SSSR count). The molecule has 0 unspecified atom stereocenters. The van der Waals surface area contributed by atoms with Crippen LogP contribution in [0.4, 0.5) is 27.6 Å². The van der Waals surface area contributed by atoms with Crippen molar-refractivity contribution in [3.63, 3.8) is 0 Å². The highest BCUT2D eigenvalue weighted by atomic mass is 19.4. The lowest BCUT2D eigenvalue weighted by Gasteiger charge is -2.11. The van der Waals surface area contributed by atoms with Crippen molar-refractivity contribution in [1.29, 1.82) is 0 Å². The van der Waals surface area contributed by atoms with Crippen molar-refractivity contribution in [2.24, 2.45) is 5.73 Å². The molecule has 0 aromatic carbocycles. The van der Waals surface area contributed by atoms with Crippen LogP contribution in [-0.4, -0.2) is 22.2 Å². The summed E-state index contributed by atoms with van der Waals surface area (Å²) in [6.45, 7) is 0. The first-order valence-electron chi connectivity index (χ1n) is 4.56. The first-order valence-corrected chi connectivity index (χ1v) is 4.56. The number of hydrogen-bond donors (Lipinski definition) is 1. The number of nitro groups is 1. The summed E-state index contributed by atoms with van der Waals surface area (Å²) in [5.41, 5.74) is 0.487. The van der Waals surface area contributed by atoms with Crippen LogP contribution in [0.15, 0.2) is 6.07 Å². The number of rotatable bonds is 4. The number of ether oxygens (including phenoxy) is 1. The largest absolute Gasteiger partial charge is 0.574 e. The molecule has 0 saturated heterocycles. The minimum absolute atomic E-state index is 0.0828. The Morgan fingerprint density at radius 1 is 1.45 bits per heavy atom. The number of hydrogen-bond acceptors (Lipinski definition) is 5. The average Bonchev–Trinajstić information content (AvgIpc) is 2.24. The lowest BCUT2D eigenvalue weighted by Crippen LogP contribution is -2.21. The molecule has 1 aromatic heterocycles. The van der Waals surface area contributed by atoms with Crippen LogP contribution in [0.1, 0.15) is 22.5 Å². The standard InChI is InChI=1S/C8H4F5N3O4/c9-6(10)5-4(7(14)17)2(16(18)19)1-3(15-5)20-8(11,12)13/h1,6H,(H2,14,17). The zero-order chi connectivity index (χ0) is 15.7. The SMILES string of the molecule is NC(=O)c1c([N+](=O)[O-])cc(OC(F)(F)F)nc1C(F)F. The molecule has 0 aliphatic rings. The Labute approximate surface area is 106 Å². The van der Waals surface area contributed by atoms with E-state index in [4.69, 9.17) is 0 Å². The molecule has 0 saturated carbocycles. The number of primary amides is 1. The molecule has 7 nitrogen and oxygen atoms in total. The summed E-state index contributed by atoms with van der Waals surface area (Å²) in [6, 6.07) is 0.0828. The molecule has 0 radical (unpaired) electrons. The van der Waals surface area contributed by atoms with Crippen molar-refractivity contribution >= 4 is 11.6 Å². The molecule has 20 heavy (non-hydrogen) atoms. The summed E-state index contributed by atoms with van der Waals surface area (Å²) < 4.78 is 64.3. The van der Waals surface area contributed by atoms with E-state index in [0.29, 0.717) is 0 Å². The normalized spacial score (nSPS) is 11.5. The van der Waals surface area contributed by atoms with Crippen molar-refractivity contribution in [1.82, 2.24) is 4.98 Å². The third-order valence-corrected chi connectivity index (χ3v) is 1.87. The zero-order valence-electron chi connectivity index (χ0n) is 9.15. The maximum absolute atomic E-state index is 12.6.